The molecule has 0 unspecified atom stereocenters. The van der Waals surface area contributed by atoms with Crippen LogP contribution in [-0.4, -0.2) is 44.6 Å². The number of nitrogens with one attached hydrogen (secondary N) is 2. The Kier molecular flexibility index (Phi) is 5.92. The van der Waals surface area contributed by atoms with Crippen molar-refractivity contribution in [2.45, 2.75) is 6.54 Å². The smallest absolute Gasteiger partial charge is 0.321 e. The van der Waals surface area contributed by atoms with Gasteiger partial charge in [0, 0.05) is 13.6 Å². The predicted molar refractivity (Wildman–Crippen MR) is 71.9 cm³/mol. The van der Waals surface area contributed by atoms with E-state index >= 15 is 0 Å². The minimum Gasteiger partial charge on any atom is -0.494 e. The molecule has 0 saturated carbocycles. The molecule has 0 atom stereocenters. The molecule has 0 aliphatic rings. The van der Waals surface area contributed by atoms with Gasteiger partial charge in [-0.3, -0.25) is 15.0 Å². The summed E-state index contributed by atoms with van der Waals surface area (Å²) in [5.74, 6) is -0.706. The monoisotopic (exact) mass is 283 g/mol. The normalized spacial score (nSPS) is 10.2. The van der Waals surface area contributed by atoms with Crippen LogP contribution in [0, 0.1) is 5.82 Å². The van der Waals surface area contributed by atoms with E-state index in [0.29, 0.717) is 12.1 Å². The van der Waals surface area contributed by atoms with Gasteiger partial charge in [0.25, 0.3) is 0 Å². The number of carbonyl (C=O) groups is 2. The van der Waals surface area contributed by atoms with Gasteiger partial charge < -0.3 is 10.1 Å². The Hall–Kier alpha value is -2.15. The van der Waals surface area contributed by atoms with Crippen LogP contribution < -0.4 is 15.4 Å². The molecule has 3 amide bonds. The predicted octanol–water partition coefficient (Wildman–Crippen LogP) is 0.722. The van der Waals surface area contributed by atoms with Gasteiger partial charge in [0.1, 0.15) is 0 Å². The molecule has 2 N–H and O–H groups in total. The number of amides is 3. The molecule has 7 heteroatoms. The molecule has 0 aliphatic heterocycles. The number of halogens is 1. The first-order valence-corrected chi connectivity index (χ1v) is 5.98. The summed E-state index contributed by atoms with van der Waals surface area (Å²) in [6, 6.07) is 4.04. The van der Waals surface area contributed by atoms with Crippen molar-refractivity contribution in [1.82, 2.24) is 15.5 Å². The molecule has 0 aliphatic carbocycles. The average Bonchev–Trinajstić information content (AvgIpc) is 2.38. The second-order valence-corrected chi connectivity index (χ2v) is 4.27. The number of benzene rings is 1. The Morgan fingerprint density at radius 3 is 2.65 bits per heavy atom. The maximum atomic E-state index is 13.5. The van der Waals surface area contributed by atoms with E-state index in [0.717, 1.165) is 0 Å². The first-order valence-electron chi connectivity index (χ1n) is 5.98. The van der Waals surface area contributed by atoms with Gasteiger partial charge in [-0.15, -0.1) is 0 Å². The Labute approximate surface area is 116 Å². The zero-order valence-electron chi connectivity index (χ0n) is 11.7. The summed E-state index contributed by atoms with van der Waals surface area (Å²) in [7, 11) is 4.52. The van der Waals surface area contributed by atoms with E-state index in [1.54, 1.807) is 18.0 Å². The Bertz CT molecular complexity index is 494. The second-order valence-electron chi connectivity index (χ2n) is 4.27. The van der Waals surface area contributed by atoms with E-state index in [1.807, 2.05) is 0 Å². The Balaban J connectivity index is 2.53. The zero-order chi connectivity index (χ0) is 15.1. The maximum absolute atomic E-state index is 13.5. The first-order chi connectivity index (χ1) is 9.46. The summed E-state index contributed by atoms with van der Waals surface area (Å²) in [6.45, 7) is 0.406. The van der Waals surface area contributed by atoms with Crippen molar-refractivity contribution in [3.8, 4) is 5.75 Å². The van der Waals surface area contributed by atoms with Crippen LogP contribution in [0.4, 0.5) is 9.18 Å². The molecule has 0 bridgehead atoms. The van der Waals surface area contributed by atoms with Crippen LogP contribution in [0.15, 0.2) is 18.2 Å². The number of hydrogen-bond donors (Lipinski definition) is 2. The molecule has 0 spiro atoms. The molecule has 0 aromatic heterocycles. The molecular formula is C13H18FN3O3. The van der Waals surface area contributed by atoms with Crippen LogP contribution in [-0.2, 0) is 11.3 Å². The zero-order valence-corrected chi connectivity index (χ0v) is 11.7. The number of rotatable bonds is 5. The summed E-state index contributed by atoms with van der Waals surface area (Å²) in [5.41, 5.74) is 0.707. The number of imide groups is 1. The number of ether oxygens (including phenoxy) is 1. The van der Waals surface area contributed by atoms with Gasteiger partial charge in [-0.05, 0) is 24.7 Å². The van der Waals surface area contributed by atoms with Crippen molar-refractivity contribution in [2.24, 2.45) is 0 Å². The van der Waals surface area contributed by atoms with Crippen molar-refractivity contribution in [2.75, 3.05) is 27.7 Å². The van der Waals surface area contributed by atoms with Crippen LogP contribution in [0.2, 0.25) is 0 Å². The molecule has 0 radical (unpaired) electrons. The van der Waals surface area contributed by atoms with E-state index in [4.69, 9.17) is 4.74 Å². The molecule has 1 aromatic rings. The number of hydrogen-bond acceptors (Lipinski definition) is 4. The van der Waals surface area contributed by atoms with E-state index < -0.39 is 17.8 Å². The van der Waals surface area contributed by atoms with Gasteiger partial charge in [0.2, 0.25) is 5.91 Å². The number of nitrogens with zero attached hydrogens (tertiary/aromatic N) is 1. The van der Waals surface area contributed by atoms with Gasteiger partial charge in [-0.2, -0.15) is 0 Å². The SMILES string of the molecule is CNC(=O)NC(=O)CN(C)Cc1ccc(OC)c(F)c1. The largest absolute Gasteiger partial charge is 0.494 e. The topological polar surface area (TPSA) is 70.7 Å². The highest BCUT2D eigenvalue weighted by Gasteiger charge is 2.11. The lowest BCUT2D eigenvalue weighted by Crippen LogP contribution is -2.42. The van der Waals surface area contributed by atoms with Gasteiger partial charge in [0.15, 0.2) is 11.6 Å². The van der Waals surface area contributed by atoms with E-state index in [2.05, 4.69) is 10.6 Å². The lowest BCUT2D eigenvalue weighted by atomic mass is 10.2. The third kappa shape index (κ3) is 4.85. The molecule has 0 heterocycles. The third-order valence-electron chi connectivity index (χ3n) is 2.56. The number of urea groups is 1. The minimum absolute atomic E-state index is 0.0288. The highest BCUT2D eigenvalue weighted by atomic mass is 19.1. The van der Waals surface area contributed by atoms with E-state index in [1.165, 1.54) is 26.3 Å². The molecule has 1 aromatic carbocycles. The highest BCUT2D eigenvalue weighted by molar-refractivity contribution is 5.95. The molecule has 110 valence electrons. The second kappa shape index (κ2) is 7.44. The van der Waals surface area contributed by atoms with Crippen molar-refractivity contribution >= 4 is 11.9 Å². The fraction of sp³-hybridized carbons (Fsp3) is 0.385. The van der Waals surface area contributed by atoms with Gasteiger partial charge in [-0.25, -0.2) is 9.18 Å². The molecule has 1 rings (SSSR count). The summed E-state index contributed by atoms with van der Waals surface area (Å²) < 4.78 is 18.3. The minimum atomic E-state index is -0.557. The highest BCUT2D eigenvalue weighted by Crippen LogP contribution is 2.18. The van der Waals surface area contributed by atoms with Gasteiger partial charge in [-0.1, -0.05) is 6.07 Å². The first kappa shape index (κ1) is 15.9. The lowest BCUT2D eigenvalue weighted by Gasteiger charge is -2.16. The molecule has 0 fully saturated rings. The van der Waals surface area contributed by atoms with Crippen molar-refractivity contribution in [1.29, 1.82) is 0 Å². The van der Waals surface area contributed by atoms with Crippen LogP contribution in [0.3, 0.4) is 0 Å². The van der Waals surface area contributed by atoms with Crippen molar-refractivity contribution < 1.29 is 18.7 Å². The molecular weight excluding hydrogens is 265 g/mol. The Morgan fingerprint density at radius 1 is 1.40 bits per heavy atom. The molecule has 20 heavy (non-hydrogen) atoms. The van der Waals surface area contributed by atoms with Gasteiger partial charge in [0.05, 0.1) is 13.7 Å². The number of carbonyl (C=O) groups excluding carboxylic acids is 2. The summed E-state index contributed by atoms with van der Waals surface area (Å²) in [6.07, 6.45) is 0. The summed E-state index contributed by atoms with van der Waals surface area (Å²) >= 11 is 0. The number of likely N-dealkylation sites (N-methyl/N-ethyl adjacent to an activating group) is 1. The third-order valence-corrected chi connectivity index (χ3v) is 2.56. The van der Waals surface area contributed by atoms with Crippen molar-refractivity contribution in [3.05, 3.63) is 29.6 Å². The van der Waals surface area contributed by atoms with E-state index in [-0.39, 0.29) is 12.3 Å². The maximum Gasteiger partial charge on any atom is 0.321 e. The standard InChI is InChI=1S/C13H18FN3O3/c1-15-13(19)16-12(18)8-17(2)7-9-4-5-11(20-3)10(14)6-9/h4-6H,7-8H2,1-3H3,(H2,15,16,18,19). The fourth-order valence-electron chi connectivity index (χ4n) is 1.65. The molecule has 6 nitrogen and oxygen atoms in total. The van der Waals surface area contributed by atoms with Crippen molar-refractivity contribution in [3.63, 3.8) is 0 Å². The average molecular weight is 283 g/mol. The van der Waals surface area contributed by atoms with Crippen LogP contribution in [0.25, 0.3) is 0 Å². The molecule has 0 saturated heterocycles. The van der Waals surface area contributed by atoms with Crippen LogP contribution >= 0.6 is 0 Å². The van der Waals surface area contributed by atoms with Gasteiger partial charge >= 0.3 is 6.03 Å². The summed E-state index contributed by atoms with van der Waals surface area (Å²) in [4.78, 5) is 24.1. The Morgan fingerprint density at radius 2 is 2.10 bits per heavy atom. The van der Waals surface area contributed by atoms with E-state index in [9.17, 15) is 14.0 Å². The lowest BCUT2D eigenvalue weighted by molar-refractivity contribution is -0.120. The van der Waals surface area contributed by atoms with Crippen LogP contribution in [0.1, 0.15) is 5.56 Å². The quantitative estimate of drug-likeness (QED) is 0.835. The fourth-order valence-corrected chi connectivity index (χ4v) is 1.65. The van der Waals surface area contributed by atoms with Crippen LogP contribution in [0.5, 0.6) is 5.75 Å². The number of methoxy groups -OCH3 is 1. The summed E-state index contributed by atoms with van der Waals surface area (Å²) in [5, 5.41) is 4.44.